The molecule has 0 radical (unpaired) electrons. The van der Waals surface area contributed by atoms with Crippen LogP contribution in [0.4, 0.5) is 4.79 Å². The number of carbonyl (C=O) groups excluding carboxylic acids is 4. The largest absolute Gasteiger partial charge is 0.444 e. The molecule has 3 rings (SSSR count). The summed E-state index contributed by atoms with van der Waals surface area (Å²) in [6.07, 6.45) is -0.276. The molecule has 2 aliphatic rings. The molecule has 0 N–H and O–H groups in total. The van der Waals surface area contributed by atoms with Gasteiger partial charge in [0.2, 0.25) is 0 Å². The lowest BCUT2D eigenvalue weighted by Gasteiger charge is -2.45. The van der Waals surface area contributed by atoms with Crippen molar-refractivity contribution in [1.82, 2.24) is 9.96 Å². The molecule has 26 heavy (non-hydrogen) atoms. The second kappa shape index (κ2) is 6.12. The van der Waals surface area contributed by atoms with Crippen LogP contribution in [-0.2, 0) is 14.4 Å². The average molecular weight is 360 g/mol. The first kappa shape index (κ1) is 17.9. The highest BCUT2D eigenvalue weighted by molar-refractivity contribution is 6.20. The van der Waals surface area contributed by atoms with Gasteiger partial charge in [0.15, 0.2) is 0 Å². The zero-order chi connectivity index (χ0) is 19.2. The van der Waals surface area contributed by atoms with E-state index in [1.54, 1.807) is 39.8 Å². The van der Waals surface area contributed by atoms with Crippen LogP contribution in [0.1, 0.15) is 54.8 Å². The Labute approximate surface area is 150 Å². The molecule has 2 aliphatic heterocycles. The van der Waals surface area contributed by atoms with Gasteiger partial charge < -0.3 is 9.57 Å². The van der Waals surface area contributed by atoms with Crippen molar-refractivity contribution in [2.75, 3.05) is 0 Å². The van der Waals surface area contributed by atoms with Gasteiger partial charge in [-0.2, -0.15) is 0 Å². The summed E-state index contributed by atoms with van der Waals surface area (Å²) in [6, 6.07) is 5.11. The number of hydroxylamine groups is 2. The van der Waals surface area contributed by atoms with Crippen molar-refractivity contribution in [3.63, 3.8) is 0 Å². The smallest absolute Gasteiger partial charge is 0.411 e. The van der Waals surface area contributed by atoms with Crippen molar-refractivity contribution in [2.24, 2.45) is 0 Å². The van der Waals surface area contributed by atoms with Gasteiger partial charge in [0.25, 0.3) is 11.8 Å². The number of imide groups is 1. The van der Waals surface area contributed by atoms with Crippen molar-refractivity contribution >= 4 is 23.9 Å². The van der Waals surface area contributed by atoms with Crippen LogP contribution in [0.2, 0.25) is 0 Å². The van der Waals surface area contributed by atoms with Gasteiger partial charge in [-0.3, -0.25) is 14.5 Å². The maximum absolute atomic E-state index is 12.4. The zero-order valence-corrected chi connectivity index (χ0v) is 15.0. The van der Waals surface area contributed by atoms with E-state index in [0.717, 1.165) is 0 Å². The fraction of sp³-hybridized carbons (Fsp3) is 0.444. The maximum atomic E-state index is 12.4. The lowest BCUT2D eigenvalue weighted by molar-refractivity contribution is -0.181. The first-order valence-electron chi connectivity index (χ1n) is 8.31. The van der Waals surface area contributed by atoms with Gasteiger partial charge in [0.1, 0.15) is 11.6 Å². The van der Waals surface area contributed by atoms with Crippen LogP contribution >= 0.6 is 0 Å². The number of rotatable bonds is 2. The highest BCUT2D eigenvalue weighted by Crippen LogP contribution is 2.30. The second-order valence-corrected chi connectivity index (χ2v) is 7.35. The summed E-state index contributed by atoms with van der Waals surface area (Å²) in [6.45, 7) is 6.94. The Kier molecular flexibility index (Phi) is 4.21. The fourth-order valence-corrected chi connectivity index (χ4v) is 2.95. The molecule has 0 saturated carbocycles. The Morgan fingerprint density at radius 1 is 1.08 bits per heavy atom. The molecule has 2 atom stereocenters. The average Bonchev–Trinajstić information content (AvgIpc) is 2.76. The molecule has 0 bridgehead atoms. The van der Waals surface area contributed by atoms with Gasteiger partial charge in [0.05, 0.1) is 11.1 Å². The van der Waals surface area contributed by atoms with E-state index in [2.05, 4.69) is 0 Å². The Bertz CT molecular complexity index is 762. The number of carbonyl (C=O) groups is 4. The summed E-state index contributed by atoms with van der Waals surface area (Å²) in [5.41, 5.74) is -0.351. The third-order valence-electron chi connectivity index (χ3n) is 4.19. The molecule has 1 fully saturated rings. The van der Waals surface area contributed by atoms with Crippen LogP contribution in [0.15, 0.2) is 24.3 Å². The molecule has 138 valence electrons. The van der Waals surface area contributed by atoms with E-state index in [0.29, 0.717) is 11.5 Å². The number of ether oxygens (including phenoxy) is 1. The van der Waals surface area contributed by atoms with E-state index >= 15 is 0 Å². The molecule has 8 heteroatoms. The minimum Gasteiger partial charge on any atom is -0.444 e. The molecule has 3 amide bonds. The summed E-state index contributed by atoms with van der Waals surface area (Å²) >= 11 is 0. The van der Waals surface area contributed by atoms with Crippen LogP contribution in [-0.4, -0.2) is 51.5 Å². The van der Waals surface area contributed by atoms with Gasteiger partial charge in [-0.15, -0.1) is 0 Å². The molecule has 0 aliphatic carbocycles. The molecule has 2 unspecified atom stereocenters. The van der Waals surface area contributed by atoms with Crippen molar-refractivity contribution in [3.8, 4) is 0 Å². The minimum absolute atomic E-state index is 0.177. The standard InChI is InChI=1S/C18H20N2O6/c1-10-9-13(19(10)17(24)25-18(2,3)4)16(23)26-20-14(21)11-7-5-6-8-12(11)15(20)22/h5-8,10,13H,9H2,1-4H3. The Hall–Kier alpha value is -2.90. The number of benzene rings is 1. The molecular formula is C18H20N2O6. The highest BCUT2D eigenvalue weighted by Gasteiger charge is 2.48. The van der Waals surface area contributed by atoms with E-state index in [9.17, 15) is 19.2 Å². The molecular weight excluding hydrogens is 340 g/mol. The number of hydrogen-bond acceptors (Lipinski definition) is 6. The monoisotopic (exact) mass is 360 g/mol. The quantitative estimate of drug-likeness (QED) is 0.750. The minimum atomic E-state index is -0.899. The summed E-state index contributed by atoms with van der Waals surface area (Å²) in [7, 11) is 0. The first-order chi connectivity index (χ1) is 12.1. The predicted molar refractivity (Wildman–Crippen MR) is 89.0 cm³/mol. The van der Waals surface area contributed by atoms with Gasteiger partial charge in [-0.25, -0.2) is 9.59 Å². The highest BCUT2D eigenvalue weighted by atomic mass is 16.7. The molecule has 1 saturated heterocycles. The number of likely N-dealkylation sites (tertiary alicyclic amines) is 1. The third kappa shape index (κ3) is 3.02. The van der Waals surface area contributed by atoms with E-state index < -0.39 is 35.5 Å². The molecule has 8 nitrogen and oxygen atoms in total. The van der Waals surface area contributed by atoms with Crippen LogP contribution in [0.5, 0.6) is 0 Å². The van der Waals surface area contributed by atoms with Crippen LogP contribution < -0.4 is 0 Å². The normalized spacial score (nSPS) is 22.0. The number of fused-ring (bicyclic) bond motifs is 1. The van der Waals surface area contributed by atoms with E-state index in [4.69, 9.17) is 9.57 Å². The van der Waals surface area contributed by atoms with E-state index in [-0.39, 0.29) is 17.2 Å². The third-order valence-corrected chi connectivity index (χ3v) is 4.19. The number of hydrogen-bond donors (Lipinski definition) is 0. The van der Waals surface area contributed by atoms with Gasteiger partial charge >= 0.3 is 12.1 Å². The Morgan fingerprint density at radius 3 is 2.08 bits per heavy atom. The lowest BCUT2D eigenvalue weighted by Crippen LogP contribution is -2.62. The van der Waals surface area contributed by atoms with Gasteiger partial charge in [-0.05, 0) is 46.2 Å². The van der Waals surface area contributed by atoms with Crippen molar-refractivity contribution in [2.45, 2.75) is 51.8 Å². The van der Waals surface area contributed by atoms with Gasteiger partial charge in [-0.1, -0.05) is 17.2 Å². The summed E-state index contributed by atoms with van der Waals surface area (Å²) < 4.78 is 5.29. The molecule has 2 heterocycles. The van der Waals surface area contributed by atoms with Crippen LogP contribution in [0.25, 0.3) is 0 Å². The molecule has 0 aromatic heterocycles. The number of amides is 3. The SMILES string of the molecule is CC1CC(C(=O)ON2C(=O)c3ccccc3C2=O)N1C(=O)OC(C)(C)C. The summed E-state index contributed by atoms with van der Waals surface area (Å²) in [5.74, 6) is -2.24. The Balaban J connectivity index is 1.70. The zero-order valence-electron chi connectivity index (χ0n) is 15.0. The van der Waals surface area contributed by atoms with Crippen molar-refractivity contribution in [1.29, 1.82) is 0 Å². The van der Waals surface area contributed by atoms with Crippen LogP contribution in [0.3, 0.4) is 0 Å². The Morgan fingerprint density at radius 2 is 1.62 bits per heavy atom. The van der Waals surface area contributed by atoms with Crippen molar-refractivity contribution < 1.29 is 28.8 Å². The second-order valence-electron chi connectivity index (χ2n) is 7.35. The number of nitrogens with zero attached hydrogens (tertiary/aromatic N) is 2. The predicted octanol–water partition coefficient (Wildman–Crippen LogP) is 2.14. The lowest BCUT2D eigenvalue weighted by atomic mass is 9.95. The maximum Gasteiger partial charge on any atom is 0.411 e. The van der Waals surface area contributed by atoms with Crippen LogP contribution in [0, 0.1) is 0 Å². The first-order valence-corrected chi connectivity index (χ1v) is 8.31. The molecule has 1 aromatic carbocycles. The fourth-order valence-electron chi connectivity index (χ4n) is 2.95. The molecule has 1 aromatic rings. The summed E-state index contributed by atoms with van der Waals surface area (Å²) in [5, 5.41) is 0.448. The van der Waals surface area contributed by atoms with Gasteiger partial charge in [0, 0.05) is 6.04 Å². The topological polar surface area (TPSA) is 93.2 Å². The van der Waals surface area contributed by atoms with Crippen molar-refractivity contribution in [3.05, 3.63) is 35.4 Å². The molecule has 0 spiro atoms. The van der Waals surface area contributed by atoms with E-state index in [1.807, 2.05) is 0 Å². The van der Waals surface area contributed by atoms with E-state index in [1.165, 1.54) is 17.0 Å². The summed E-state index contributed by atoms with van der Waals surface area (Å²) in [4.78, 5) is 55.5.